The number of nitrogens with zero attached hydrogens (tertiary/aromatic N) is 1. The van der Waals surface area contributed by atoms with Gasteiger partial charge in [-0.3, -0.25) is 4.79 Å². The maximum absolute atomic E-state index is 12.7. The van der Waals surface area contributed by atoms with E-state index in [9.17, 15) is 4.79 Å². The summed E-state index contributed by atoms with van der Waals surface area (Å²) in [5, 5.41) is 7.68. The zero-order valence-electron chi connectivity index (χ0n) is 13.3. The maximum Gasteiger partial charge on any atom is 0.225 e. The summed E-state index contributed by atoms with van der Waals surface area (Å²) in [6.07, 6.45) is 4.09. The standard InChI is InChI=1S/C17H26N2O2S/c1-2-21-9-3-16(20)19(12-14-4-10-22-13-14)15-11-17(15)5-7-18-8-6-17/h4,10,13,15,18H,2-3,5-9,11-12H2,1H3. The van der Waals surface area contributed by atoms with Crippen molar-refractivity contribution in [2.75, 3.05) is 26.3 Å². The predicted octanol–water partition coefficient (Wildman–Crippen LogP) is 2.65. The molecule has 1 aliphatic heterocycles. The van der Waals surface area contributed by atoms with Gasteiger partial charge < -0.3 is 15.0 Å². The Labute approximate surface area is 136 Å². The van der Waals surface area contributed by atoms with E-state index in [0.29, 0.717) is 31.1 Å². The second-order valence-electron chi connectivity index (χ2n) is 6.43. The number of rotatable bonds is 7. The third kappa shape index (κ3) is 3.53. The van der Waals surface area contributed by atoms with Crippen LogP contribution in [0.25, 0.3) is 0 Å². The van der Waals surface area contributed by atoms with Crippen LogP contribution in [0.4, 0.5) is 0 Å². The van der Waals surface area contributed by atoms with E-state index in [2.05, 4.69) is 27.0 Å². The molecule has 0 aromatic carbocycles. The lowest BCUT2D eigenvalue weighted by Crippen LogP contribution is -2.39. The van der Waals surface area contributed by atoms with Crippen LogP contribution in [0.3, 0.4) is 0 Å². The van der Waals surface area contributed by atoms with Crippen LogP contribution in [-0.4, -0.2) is 43.2 Å². The lowest BCUT2D eigenvalue weighted by atomic mass is 9.93. The fourth-order valence-corrected chi connectivity index (χ4v) is 4.29. The molecule has 1 saturated heterocycles. The third-order valence-electron chi connectivity index (χ3n) is 5.04. The number of hydrogen-bond donors (Lipinski definition) is 1. The van der Waals surface area contributed by atoms with Gasteiger partial charge in [-0.05, 0) is 67.1 Å². The van der Waals surface area contributed by atoms with Crippen molar-refractivity contribution in [3.63, 3.8) is 0 Å². The van der Waals surface area contributed by atoms with Crippen LogP contribution in [0.1, 0.15) is 38.2 Å². The summed E-state index contributed by atoms with van der Waals surface area (Å²) in [6, 6.07) is 2.56. The molecule has 22 heavy (non-hydrogen) atoms. The lowest BCUT2D eigenvalue weighted by Gasteiger charge is -2.29. The molecule has 1 amide bonds. The molecule has 0 radical (unpaired) electrons. The van der Waals surface area contributed by atoms with Crippen LogP contribution in [0.5, 0.6) is 0 Å². The molecular formula is C17H26N2O2S. The second-order valence-corrected chi connectivity index (χ2v) is 7.21. The van der Waals surface area contributed by atoms with Crippen LogP contribution in [0.2, 0.25) is 0 Å². The molecule has 1 spiro atoms. The summed E-state index contributed by atoms with van der Waals surface area (Å²) >= 11 is 1.70. The molecule has 0 bridgehead atoms. The predicted molar refractivity (Wildman–Crippen MR) is 88.9 cm³/mol. The first-order chi connectivity index (χ1) is 10.7. The van der Waals surface area contributed by atoms with Crippen molar-refractivity contribution in [3.8, 4) is 0 Å². The van der Waals surface area contributed by atoms with Crippen LogP contribution in [0, 0.1) is 5.41 Å². The second kappa shape index (κ2) is 7.11. The molecule has 2 fully saturated rings. The van der Waals surface area contributed by atoms with E-state index in [-0.39, 0.29) is 5.91 Å². The lowest BCUT2D eigenvalue weighted by molar-refractivity contribution is -0.134. The average molecular weight is 322 g/mol. The summed E-state index contributed by atoms with van der Waals surface area (Å²) in [6.45, 7) is 6.13. The largest absolute Gasteiger partial charge is 0.381 e. The zero-order chi connectivity index (χ0) is 15.4. The van der Waals surface area contributed by atoms with Crippen molar-refractivity contribution < 1.29 is 9.53 Å². The Morgan fingerprint density at radius 1 is 1.50 bits per heavy atom. The summed E-state index contributed by atoms with van der Waals surface area (Å²) in [5.41, 5.74) is 1.65. The van der Waals surface area contributed by atoms with Crippen LogP contribution in [0.15, 0.2) is 16.8 Å². The molecule has 4 nitrogen and oxygen atoms in total. The minimum atomic E-state index is 0.250. The van der Waals surface area contributed by atoms with Crippen LogP contribution in [-0.2, 0) is 16.1 Å². The van der Waals surface area contributed by atoms with Gasteiger partial charge in [0, 0.05) is 19.2 Å². The van der Waals surface area contributed by atoms with Crippen LogP contribution >= 0.6 is 11.3 Å². The molecule has 2 heterocycles. The SMILES string of the molecule is CCOCCC(=O)N(Cc1ccsc1)C1CC12CCNCC2. The molecule has 1 N–H and O–H groups in total. The number of piperidine rings is 1. The number of thiophene rings is 1. The number of amides is 1. The minimum Gasteiger partial charge on any atom is -0.381 e. The fourth-order valence-electron chi connectivity index (χ4n) is 3.63. The van der Waals surface area contributed by atoms with Gasteiger partial charge in [-0.25, -0.2) is 0 Å². The number of carbonyl (C=O) groups is 1. The fraction of sp³-hybridized carbons (Fsp3) is 0.706. The van der Waals surface area contributed by atoms with Gasteiger partial charge in [0.1, 0.15) is 0 Å². The van der Waals surface area contributed by atoms with Crippen molar-refractivity contribution >= 4 is 17.2 Å². The zero-order valence-corrected chi connectivity index (χ0v) is 14.2. The quantitative estimate of drug-likeness (QED) is 0.785. The molecule has 1 aromatic heterocycles. The van der Waals surface area contributed by atoms with E-state index in [1.54, 1.807) is 11.3 Å². The van der Waals surface area contributed by atoms with Crippen molar-refractivity contribution in [3.05, 3.63) is 22.4 Å². The molecule has 1 unspecified atom stereocenters. The normalized spacial score (nSPS) is 22.7. The highest BCUT2D eigenvalue weighted by Gasteiger charge is 2.57. The van der Waals surface area contributed by atoms with Gasteiger partial charge in [-0.1, -0.05) is 0 Å². The average Bonchev–Trinajstić information content (AvgIpc) is 2.98. The van der Waals surface area contributed by atoms with E-state index in [0.717, 1.165) is 19.6 Å². The van der Waals surface area contributed by atoms with E-state index in [1.165, 1.54) is 24.8 Å². The van der Waals surface area contributed by atoms with Crippen molar-refractivity contribution in [1.29, 1.82) is 0 Å². The van der Waals surface area contributed by atoms with Gasteiger partial charge >= 0.3 is 0 Å². The first-order valence-corrected chi connectivity index (χ1v) is 9.28. The highest BCUT2D eigenvalue weighted by molar-refractivity contribution is 7.07. The molecule has 1 aromatic rings. The molecular weight excluding hydrogens is 296 g/mol. The van der Waals surface area contributed by atoms with Gasteiger partial charge in [0.15, 0.2) is 0 Å². The smallest absolute Gasteiger partial charge is 0.225 e. The molecule has 5 heteroatoms. The monoisotopic (exact) mass is 322 g/mol. The summed E-state index contributed by atoms with van der Waals surface area (Å²) < 4.78 is 5.37. The van der Waals surface area contributed by atoms with E-state index < -0.39 is 0 Å². The van der Waals surface area contributed by atoms with E-state index in [1.807, 2.05) is 6.92 Å². The first kappa shape index (κ1) is 16.0. The number of carbonyl (C=O) groups excluding carboxylic acids is 1. The highest BCUT2D eigenvalue weighted by Crippen LogP contribution is 2.56. The molecule has 122 valence electrons. The van der Waals surface area contributed by atoms with E-state index in [4.69, 9.17) is 4.74 Å². The Morgan fingerprint density at radius 2 is 2.32 bits per heavy atom. The van der Waals surface area contributed by atoms with Gasteiger partial charge in [-0.15, -0.1) is 0 Å². The van der Waals surface area contributed by atoms with Gasteiger partial charge in [0.05, 0.1) is 13.0 Å². The minimum absolute atomic E-state index is 0.250. The van der Waals surface area contributed by atoms with E-state index >= 15 is 0 Å². The molecule has 2 aliphatic rings. The maximum atomic E-state index is 12.7. The Hall–Kier alpha value is -0.910. The highest BCUT2D eigenvalue weighted by atomic mass is 32.1. The van der Waals surface area contributed by atoms with Gasteiger partial charge in [0.25, 0.3) is 0 Å². The topological polar surface area (TPSA) is 41.6 Å². The first-order valence-electron chi connectivity index (χ1n) is 8.34. The van der Waals surface area contributed by atoms with Crippen molar-refractivity contribution in [2.45, 2.75) is 45.2 Å². The Morgan fingerprint density at radius 3 is 3.00 bits per heavy atom. The number of ether oxygens (including phenoxy) is 1. The molecule has 3 rings (SSSR count). The molecule has 1 saturated carbocycles. The van der Waals surface area contributed by atoms with Crippen molar-refractivity contribution in [1.82, 2.24) is 10.2 Å². The van der Waals surface area contributed by atoms with Crippen molar-refractivity contribution in [2.24, 2.45) is 5.41 Å². The van der Waals surface area contributed by atoms with Gasteiger partial charge in [-0.2, -0.15) is 11.3 Å². The number of nitrogens with one attached hydrogen (secondary N) is 1. The summed E-state index contributed by atoms with van der Waals surface area (Å²) in [5.74, 6) is 0.250. The van der Waals surface area contributed by atoms with Gasteiger partial charge in [0.2, 0.25) is 5.91 Å². The third-order valence-corrected chi connectivity index (χ3v) is 5.77. The Bertz CT molecular complexity index is 483. The van der Waals surface area contributed by atoms with Crippen LogP contribution < -0.4 is 5.32 Å². The Balaban J connectivity index is 1.65. The Kier molecular flexibility index (Phi) is 5.16. The number of hydrogen-bond acceptors (Lipinski definition) is 4. The molecule has 1 atom stereocenters. The summed E-state index contributed by atoms with van der Waals surface area (Å²) in [4.78, 5) is 14.8. The molecule has 1 aliphatic carbocycles. The summed E-state index contributed by atoms with van der Waals surface area (Å²) in [7, 11) is 0.